The molecular weight excluding hydrogens is 281 g/mol. The molecule has 0 aromatic heterocycles. The molecule has 0 saturated heterocycles. The Labute approximate surface area is 118 Å². The Morgan fingerprint density at radius 1 is 1.40 bits per heavy atom. The van der Waals surface area contributed by atoms with Crippen molar-refractivity contribution in [1.82, 2.24) is 10.0 Å². The van der Waals surface area contributed by atoms with Gasteiger partial charge in [-0.1, -0.05) is 0 Å². The lowest BCUT2D eigenvalue weighted by Gasteiger charge is -2.25. The van der Waals surface area contributed by atoms with Crippen molar-refractivity contribution >= 4 is 10.0 Å². The molecule has 0 unspecified atom stereocenters. The molecule has 0 aliphatic rings. The fourth-order valence-electron chi connectivity index (χ4n) is 1.83. The first-order chi connectivity index (χ1) is 9.13. The molecule has 0 amide bonds. The van der Waals surface area contributed by atoms with Gasteiger partial charge in [-0.2, -0.15) is 5.26 Å². The molecule has 20 heavy (non-hydrogen) atoms. The zero-order valence-electron chi connectivity index (χ0n) is 11.7. The van der Waals surface area contributed by atoms with Gasteiger partial charge in [0.15, 0.2) is 0 Å². The van der Waals surface area contributed by atoms with Gasteiger partial charge in [-0.05, 0) is 32.0 Å². The SMILES string of the molecule is CC(C)(CNCc1cc(C#N)ccc1F)NS(C)(=O)=O. The highest BCUT2D eigenvalue weighted by Gasteiger charge is 2.21. The van der Waals surface area contributed by atoms with E-state index < -0.39 is 21.4 Å². The molecule has 0 saturated carbocycles. The molecule has 0 aliphatic heterocycles. The summed E-state index contributed by atoms with van der Waals surface area (Å²) in [5, 5.41) is 11.7. The first kappa shape index (κ1) is 16.6. The van der Waals surface area contributed by atoms with E-state index in [0.29, 0.717) is 17.7 Å². The van der Waals surface area contributed by atoms with Crippen LogP contribution in [-0.2, 0) is 16.6 Å². The van der Waals surface area contributed by atoms with Gasteiger partial charge >= 0.3 is 0 Å². The summed E-state index contributed by atoms with van der Waals surface area (Å²) >= 11 is 0. The van der Waals surface area contributed by atoms with Crippen LogP contribution in [0, 0.1) is 17.1 Å². The lowest BCUT2D eigenvalue weighted by molar-refractivity contribution is 0.418. The second kappa shape index (κ2) is 6.31. The lowest BCUT2D eigenvalue weighted by Crippen LogP contribution is -2.49. The van der Waals surface area contributed by atoms with Crippen LogP contribution in [0.2, 0.25) is 0 Å². The van der Waals surface area contributed by atoms with Crippen LogP contribution < -0.4 is 10.0 Å². The molecule has 1 aromatic rings. The van der Waals surface area contributed by atoms with Crippen molar-refractivity contribution in [3.05, 3.63) is 35.1 Å². The Bertz CT molecular complexity index is 621. The monoisotopic (exact) mass is 299 g/mol. The van der Waals surface area contributed by atoms with Crippen molar-refractivity contribution in [1.29, 1.82) is 5.26 Å². The Morgan fingerprint density at radius 2 is 2.05 bits per heavy atom. The highest BCUT2D eigenvalue weighted by molar-refractivity contribution is 7.88. The summed E-state index contributed by atoms with van der Waals surface area (Å²) in [6.45, 7) is 4.00. The summed E-state index contributed by atoms with van der Waals surface area (Å²) in [5.74, 6) is -0.398. The molecule has 0 aliphatic carbocycles. The average Bonchev–Trinajstić information content (AvgIpc) is 2.28. The summed E-state index contributed by atoms with van der Waals surface area (Å²) in [6, 6.07) is 6.07. The third kappa shape index (κ3) is 5.65. The number of nitrogens with zero attached hydrogens (tertiary/aromatic N) is 1. The molecule has 0 atom stereocenters. The second-order valence-corrected chi connectivity index (χ2v) is 7.03. The zero-order valence-corrected chi connectivity index (χ0v) is 12.5. The van der Waals surface area contributed by atoms with E-state index in [1.165, 1.54) is 18.2 Å². The molecular formula is C13H18FN3O2S. The molecule has 1 aromatic carbocycles. The third-order valence-electron chi connectivity index (χ3n) is 2.52. The molecule has 2 N–H and O–H groups in total. The van der Waals surface area contributed by atoms with Crippen molar-refractivity contribution in [2.45, 2.75) is 25.9 Å². The summed E-state index contributed by atoms with van der Waals surface area (Å²) in [6.07, 6.45) is 1.09. The topological polar surface area (TPSA) is 82.0 Å². The van der Waals surface area contributed by atoms with Gasteiger partial charge < -0.3 is 5.32 Å². The molecule has 0 heterocycles. The normalized spacial score (nSPS) is 12.2. The molecule has 0 radical (unpaired) electrons. The summed E-state index contributed by atoms with van der Waals surface area (Å²) < 4.78 is 38.4. The number of rotatable bonds is 6. The highest BCUT2D eigenvalue weighted by atomic mass is 32.2. The molecule has 0 fully saturated rings. The predicted molar refractivity (Wildman–Crippen MR) is 74.9 cm³/mol. The number of nitrogens with one attached hydrogen (secondary N) is 2. The zero-order chi connectivity index (χ0) is 15.4. The van der Waals surface area contributed by atoms with Gasteiger partial charge in [0.1, 0.15) is 5.82 Å². The van der Waals surface area contributed by atoms with Crippen LogP contribution in [0.3, 0.4) is 0 Å². The summed E-state index contributed by atoms with van der Waals surface area (Å²) in [7, 11) is -3.30. The number of sulfonamides is 1. The van der Waals surface area contributed by atoms with E-state index in [9.17, 15) is 12.8 Å². The van der Waals surface area contributed by atoms with Crippen molar-refractivity contribution in [2.24, 2.45) is 0 Å². The summed E-state index contributed by atoms with van der Waals surface area (Å²) in [4.78, 5) is 0. The van der Waals surface area contributed by atoms with E-state index in [1.54, 1.807) is 13.8 Å². The maximum Gasteiger partial charge on any atom is 0.209 e. The number of hydrogen-bond donors (Lipinski definition) is 2. The first-order valence-corrected chi connectivity index (χ1v) is 7.90. The molecule has 5 nitrogen and oxygen atoms in total. The Hall–Kier alpha value is -1.49. The van der Waals surface area contributed by atoms with E-state index >= 15 is 0 Å². The second-order valence-electron chi connectivity index (χ2n) is 5.28. The van der Waals surface area contributed by atoms with Crippen LogP contribution in [0.25, 0.3) is 0 Å². The largest absolute Gasteiger partial charge is 0.311 e. The Kier molecular flexibility index (Phi) is 5.22. The Morgan fingerprint density at radius 3 is 2.60 bits per heavy atom. The van der Waals surface area contributed by atoms with Crippen LogP contribution in [-0.4, -0.2) is 26.8 Å². The minimum Gasteiger partial charge on any atom is -0.311 e. The van der Waals surface area contributed by atoms with Crippen molar-refractivity contribution < 1.29 is 12.8 Å². The van der Waals surface area contributed by atoms with Gasteiger partial charge in [-0.15, -0.1) is 0 Å². The number of halogens is 1. The maximum atomic E-state index is 13.5. The van der Waals surface area contributed by atoms with Crippen LogP contribution in [0.5, 0.6) is 0 Å². The fraction of sp³-hybridized carbons (Fsp3) is 0.462. The van der Waals surface area contributed by atoms with Gasteiger partial charge in [0, 0.05) is 24.2 Å². The van der Waals surface area contributed by atoms with Crippen LogP contribution in [0.15, 0.2) is 18.2 Å². The number of benzene rings is 1. The van der Waals surface area contributed by atoms with Crippen LogP contribution >= 0.6 is 0 Å². The minimum absolute atomic E-state index is 0.218. The summed E-state index contributed by atoms with van der Waals surface area (Å²) in [5.41, 5.74) is 0.0765. The first-order valence-electron chi connectivity index (χ1n) is 6.01. The van der Waals surface area contributed by atoms with Crippen LogP contribution in [0.1, 0.15) is 25.0 Å². The van der Waals surface area contributed by atoms with E-state index in [1.807, 2.05) is 6.07 Å². The van der Waals surface area contributed by atoms with Crippen molar-refractivity contribution in [3.8, 4) is 6.07 Å². The molecule has 0 bridgehead atoms. The maximum absolute atomic E-state index is 13.5. The van der Waals surface area contributed by atoms with Gasteiger partial charge in [-0.25, -0.2) is 17.5 Å². The predicted octanol–water partition coefficient (Wildman–Crippen LogP) is 1.11. The molecule has 0 spiro atoms. The quantitative estimate of drug-likeness (QED) is 0.824. The van der Waals surface area contributed by atoms with Gasteiger partial charge in [0.25, 0.3) is 0 Å². The van der Waals surface area contributed by atoms with Crippen molar-refractivity contribution in [3.63, 3.8) is 0 Å². The molecule has 110 valence electrons. The minimum atomic E-state index is -3.30. The van der Waals surface area contributed by atoms with E-state index in [4.69, 9.17) is 5.26 Å². The third-order valence-corrected chi connectivity index (χ3v) is 3.44. The van der Waals surface area contributed by atoms with E-state index in [2.05, 4.69) is 10.0 Å². The van der Waals surface area contributed by atoms with Crippen LogP contribution in [0.4, 0.5) is 4.39 Å². The molecule has 7 heteroatoms. The number of hydrogen-bond acceptors (Lipinski definition) is 4. The lowest BCUT2D eigenvalue weighted by atomic mass is 10.1. The van der Waals surface area contributed by atoms with Crippen molar-refractivity contribution in [2.75, 3.05) is 12.8 Å². The Balaban J connectivity index is 2.63. The van der Waals surface area contributed by atoms with Gasteiger partial charge in [0.05, 0.1) is 17.9 Å². The van der Waals surface area contributed by atoms with E-state index in [0.717, 1.165) is 6.26 Å². The smallest absolute Gasteiger partial charge is 0.209 e. The average molecular weight is 299 g/mol. The molecule has 1 rings (SSSR count). The van der Waals surface area contributed by atoms with E-state index in [-0.39, 0.29) is 6.54 Å². The fourth-order valence-corrected chi connectivity index (χ4v) is 2.90. The van der Waals surface area contributed by atoms with Gasteiger partial charge in [-0.3, -0.25) is 0 Å². The number of nitriles is 1. The highest BCUT2D eigenvalue weighted by Crippen LogP contribution is 2.10. The standard InChI is InChI=1S/C13H18FN3O2S/c1-13(2,17-20(3,18)19)9-16-8-11-6-10(7-15)4-5-12(11)14/h4-6,16-17H,8-9H2,1-3H3. The van der Waals surface area contributed by atoms with Gasteiger partial charge in [0.2, 0.25) is 10.0 Å².